The van der Waals surface area contributed by atoms with Crippen molar-refractivity contribution in [3.8, 4) is 5.75 Å². The van der Waals surface area contributed by atoms with Crippen LogP contribution in [0.2, 0.25) is 0 Å². The van der Waals surface area contributed by atoms with Crippen LogP contribution in [0, 0.1) is 6.92 Å². The summed E-state index contributed by atoms with van der Waals surface area (Å²) in [5, 5.41) is 30.4. The van der Waals surface area contributed by atoms with Gasteiger partial charge in [-0.15, -0.1) is 0 Å². The number of ether oxygens (including phenoxy) is 1. The molecule has 3 aromatic rings. The van der Waals surface area contributed by atoms with E-state index >= 15 is 0 Å². The summed E-state index contributed by atoms with van der Waals surface area (Å²) in [6.45, 7) is 0.686. The molecule has 0 aliphatic carbocycles. The molecule has 168 valence electrons. The number of carbonyl (C=O) groups excluding carboxylic acids is 3. The standard InChI is InChI=1S/C23H24N2O7.Li/c1-13-19(21(30)23(24)31)20-17(25(13)10-14-5-3-2-4-6-14)8-7-15(9-16(27)11-26)22(20)32-12-18(28)29;/h2-8,16,26-27H,9-12H2,1H3,(H2,24,31)(H,28,29);/q;+1/p-1. The third-order valence-electron chi connectivity index (χ3n) is 5.16. The Morgan fingerprint density at radius 3 is 2.39 bits per heavy atom. The summed E-state index contributed by atoms with van der Waals surface area (Å²) in [5.74, 6) is -3.59. The number of ketones is 1. The van der Waals surface area contributed by atoms with Gasteiger partial charge in [0.2, 0.25) is 0 Å². The molecule has 1 aromatic heterocycles. The van der Waals surface area contributed by atoms with Crippen LogP contribution in [0.3, 0.4) is 0 Å². The van der Waals surface area contributed by atoms with Gasteiger partial charge in [-0.2, -0.15) is 0 Å². The second kappa shape index (κ2) is 11.2. The quantitative estimate of drug-likeness (QED) is 0.167. The summed E-state index contributed by atoms with van der Waals surface area (Å²) in [7, 11) is 0. The van der Waals surface area contributed by atoms with E-state index in [9.17, 15) is 29.7 Å². The van der Waals surface area contributed by atoms with E-state index in [0.29, 0.717) is 23.3 Å². The van der Waals surface area contributed by atoms with Crippen LogP contribution in [0.15, 0.2) is 42.5 Å². The Hall–Kier alpha value is -3.09. The van der Waals surface area contributed by atoms with E-state index in [1.54, 1.807) is 23.6 Å². The summed E-state index contributed by atoms with van der Waals surface area (Å²) >= 11 is 0. The van der Waals surface area contributed by atoms with Crippen LogP contribution in [-0.2, 0) is 22.6 Å². The molecule has 1 amide bonds. The average Bonchev–Trinajstić information content (AvgIpc) is 3.04. The van der Waals surface area contributed by atoms with Crippen molar-refractivity contribution in [2.75, 3.05) is 13.2 Å². The third kappa shape index (κ3) is 5.64. The first-order chi connectivity index (χ1) is 15.2. The average molecular weight is 446 g/mol. The predicted octanol–water partition coefficient (Wildman–Crippen LogP) is -3.31. The first-order valence-electron chi connectivity index (χ1n) is 9.88. The zero-order chi connectivity index (χ0) is 23.4. The molecular formula is C23H23LiN2O7. The monoisotopic (exact) mass is 446 g/mol. The molecule has 0 radical (unpaired) electrons. The molecule has 1 atom stereocenters. The van der Waals surface area contributed by atoms with E-state index in [2.05, 4.69) is 0 Å². The molecule has 0 fully saturated rings. The number of hydrogen-bond donors (Lipinski definition) is 3. The van der Waals surface area contributed by atoms with E-state index < -0.39 is 37.0 Å². The normalized spacial score (nSPS) is 11.6. The molecule has 0 aliphatic heterocycles. The number of aromatic nitrogens is 1. The molecule has 33 heavy (non-hydrogen) atoms. The van der Waals surface area contributed by atoms with Crippen LogP contribution in [-0.4, -0.2) is 51.8 Å². The number of aliphatic carboxylic acids is 1. The number of nitrogens with zero attached hydrogens (tertiary/aromatic N) is 1. The van der Waals surface area contributed by atoms with Crippen molar-refractivity contribution >= 4 is 28.6 Å². The van der Waals surface area contributed by atoms with Crippen LogP contribution < -0.4 is 34.4 Å². The Kier molecular flexibility index (Phi) is 8.85. The molecule has 1 heterocycles. The van der Waals surface area contributed by atoms with Crippen LogP contribution in [0.4, 0.5) is 0 Å². The van der Waals surface area contributed by atoms with Crippen molar-refractivity contribution in [2.24, 2.45) is 5.73 Å². The zero-order valence-electron chi connectivity index (χ0n) is 18.4. The van der Waals surface area contributed by atoms with Gasteiger partial charge in [0, 0.05) is 18.7 Å². The van der Waals surface area contributed by atoms with Gasteiger partial charge in [-0.25, -0.2) is 0 Å². The maximum absolute atomic E-state index is 12.8. The Morgan fingerprint density at radius 2 is 1.82 bits per heavy atom. The smallest absolute Gasteiger partial charge is 0.546 e. The van der Waals surface area contributed by atoms with Crippen molar-refractivity contribution in [2.45, 2.75) is 26.0 Å². The van der Waals surface area contributed by atoms with Crippen LogP contribution in [0.1, 0.15) is 27.2 Å². The molecule has 4 N–H and O–H groups in total. The molecular weight excluding hydrogens is 423 g/mol. The predicted molar refractivity (Wildman–Crippen MR) is 113 cm³/mol. The molecule has 0 spiro atoms. The molecule has 0 saturated carbocycles. The SMILES string of the molecule is Cc1c(C(=O)C(N)=O)c2c(OCC(=O)[O-])c(CC(O)CO)ccc2n1Cc1ccccc1.[Li+]. The van der Waals surface area contributed by atoms with E-state index in [1.165, 1.54) is 0 Å². The fourth-order valence-corrected chi connectivity index (χ4v) is 3.72. The largest absolute Gasteiger partial charge is 1.00 e. The minimum absolute atomic E-state index is 0. The van der Waals surface area contributed by atoms with Crippen LogP contribution in [0.5, 0.6) is 5.75 Å². The topological polar surface area (TPSA) is 155 Å². The van der Waals surface area contributed by atoms with E-state index in [4.69, 9.17) is 10.5 Å². The Morgan fingerprint density at radius 1 is 1.15 bits per heavy atom. The van der Waals surface area contributed by atoms with Gasteiger partial charge in [-0.05, 0) is 24.1 Å². The number of carboxylic acids is 1. The number of rotatable bonds is 10. The fraction of sp³-hybridized carbons (Fsp3) is 0.261. The van der Waals surface area contributed by atoms with E-state index in [1.807, 2.05) is 30.3 Å². The number of fused-ring (bicyclic) bond motifs is 1. The number of nitrogens with two attached hydrogens (primary N) is 1. The maximum Gasteiger partial charge on any atom is 1.00 e. The van der Waals surface area contributed by atoms with Crippen molar-refractivity contribution in [1.82, 2.24) is 4.57 Å². The molecule has 0 saturated heterocycles. The number of amides is 1. The number of carbonyl (C=O) groups is 3. The first kappa shape index (κ1) is 26.2. The van der Waals surface area contributed by atoms with Gasteiger partial charge in [0.25, 0.3) is 11.7 Å². The van der Waals surface area contributed by atoms with Gasteiger partial charge >= 0.3 is 18.9 Å². The number of primary amides is 1. The van der Waals surface area contributed by atoms with Crippen LogP contribution >= 0.6 is 0 Å². The zero-order valence-corrected chi connectivity index (χ0v) is 18.4. The van der Waals surface area contributed by atoms with Gasteiger partial charge < -0.3 is 35.2 Å². The second-order valence-electron chi connectivity index (χ2n) is 7.37. The minimum Gasteiger partial charge on any atom is -0.546 e. The Bertz CT molecular complexity index is 1170. The molecule has 3 rings (SSSR count). The summed E-state index contributed by atoms with van der Waals surface area (Å²) in [6.07, 6.45) is -1.21. The number of hydrogen-bond acceptors (Lipinski definition) is 7. The van der Waals surface area contributed by atoms with Gasteiger partial charge in [0.05, 0.1) is 35.1 Å². The number of benzene rings is 2. The number of aliphatic hydroxyl groups is 2. The van der Waals surface area contributed by atoms with Gasteiger partial charge in [-0.3, -0.25) is 9.59 Å². The van der Waals surface area contributed by atoms with Gasteiger partial charge in [-0.1, -0.05) is 36.4 Å². The summed E-state index contributed by atoms with van der Waals surface area (Å²) in [5.41, 5.74) is 7.54. The van der Waals surface area contributed by atoms with Crippen LogP contribution in [0.25, 0.3) is 10.9 Å². The Labute approximate surface area is 201 Å². The van der Waals surface area contributed by atoms with Gasteiger partial charge in [0.15, 0.2) is 0 Å². The summed E-state index contributed by atoms with van der Waals surface area (Å²) in [6, 6.07) is 12.7. The third-order valence-corrected chi connectivity index (χ3v) is 5.16. The number of aliphatic hydroxyl groups excluding tert-OH is 2. The fourth-order valence-electron chi connectivity index (χ4n) is 3.72. The summed E-state index contributed by atoms with van der Waals surface area (Å²) in [4.78, 5) is 35.6. The molecule has 0 aliphatic rings. The molecule has 1 unspecified atom stereocenters. The van der Waals surface area contributed by atoms with E-state index in [0.717, 1.165) is 5.56 Å². The molecule has 10 heteroatoms. The minimum atomic E-state index is -1.49. The van der Waals surface area contributed by atoms with Crippen molar-refractivity contribution in [1.29, 1.82) is 0 Å². The van der Waals surface area contributed by atoms with Crippen molar-refractivity contribution in [3.05, 3.63) is 64.8 Å². The Balaban J connectivity index is 0.00000385. The van der Waals surface area contributed by atoms with Crippen molar-refractivity contribution < 1.29 is 53.3 Å². The second-order valence-corrected chi connectivity index (χ2v) is 7.37. The number of carboxylic acid groups (broad SMARTS) is 1. The summed E-state index contributed by atoms with van der Waals surface area (Å²) < 4.78 is 7.28. The molecule has 2 aromatic carbocycles. The van der Waals surface area contributed by atoms with Gasteiger partial charge in [0.1, 0.15) is 12.4 Å². The molecule has 9 nitrogen and oxygen atoms in total. The van der Waals surface area contributed by atoms with E-state index in [-0.39, 0.29) is 42.0 Å². The molecule has 0 bridgehead atoms. The van der Waals surface area contributed by atoms with Crippen molar-refractivity contribution in [3.63, 3.8) is 0 Å². The first-order valence-corrected chi connectivity index (χ1v) is 9.88. The maximum atomic E-state index is 12.8. The number of Topliss-reactive ketones (excluding diaryl/α,β-unsaturated/α-hetero) is 1.